The van der Waals surface area contributed by atoms with Crippen molar-refractivity contribution in [1.82, 2.24) is 10.2 Å². The second-order valence-corrected chi connectivity index (χ2v) is 11.1. The number of anilines is 1. The Hall–Kier alpha value is -2.83. The third kappa shape index (κ3) is 5.23. The van der Waals surface area contributed by atoms with Gasteiger partial charge in [0.2, 0.25) is 11.8 Å². The van der Waals surface area contributed by atoms with Gasteiger partial charge in [0, 0.05) is 10.4 Å². The zero-order valence-corrected chi connectivity index (χ0v) is 20.7. The molecule has 9 heteroatoms. The fraction of sp³-hybridized carbons (Fsp3) is 0.417. The average molecular weight is 483 g/mol. The van der Waals surface area contributed by atoms with E-state index in [9.17, 15) is 10.1 Å². The van der Waals surface area contributed by atoms with Gasteiger partial charge in [0.1, 0.15) is 16.8 Å². The minimum absolute atomic E-state index is 0.113. The Morgan fingerprint density at radius 1 is 1.33 bits per heavy atom. The molecule has 1 aromatic carbocycles. The highest BCUT2D eigenvalue weighted by atomic mass is 32.2. The number of carbonyl (C=O) groups is 1. The van der Waals surface area contributed by atoms with Crippen molar-refractivity contribution in [3.63, 3.8) is 0 Å². The molecule has 172 valence electrons. The monoisotopic (exact) mass is 482 g/mol. The van der Waals surface area contributed by atoms with E-state index in [4.69, 9.17) is 9.15 Å². The van der Waals surface area contributed by atoms with Crippen LogP contribution in [0.3, 0.4) is 0 Å². The molecule has 2 aromatic heterocycles. The number of fused-ring (bicyclic) bond motifs is 1. The molecule has 0 bridgehead atoms. The van der Waals surface area contributed by atoms with E-state index < -0.39 is 0 Å². The Balaban J connectivity index is 1.38. The maximum atomic E-state index is 12.6. The number of thiophene rings is 1. The summed E-state index contributed by atoms with van der Waals surface area (Å²) in [7, 11) is 1.61. The van der Waals surface area contributed by atoms with Crippen LogP contribution in [-0.2, 0) is 17.6 Å². The van der Waals surface area contributed by atoms with Crippen LogP contribution in [0.4, 0.5) is 5.00 Å². The summed E-state index contributed by atoms with van der Waals surface area (Å²) in [5, 5.41) is 21.7. The normalized spacial score (nSPS) is 15.5. The van der Waals surface area contributed by atoms with Crippen molar-refractivity contribution in [1.29, 1.82) is 5.26 Å². The molecule has 1 aliphatic rings. The van der Waals surface area contributed by atoms with Gasteiger partial charge in [0.05, 0.1) is 18.4 Å². The van der Waals surface area contributed by atoms with E-state index in [1.807, 2.05) is 24.3 Å². The minimum atomic E-state index is -0.202. The SMILES string of the molecule is COc1ccc(-c2nnc(SCC(=O)Nc3sc4c(c3C#N)CC[C@@H](C(C)(C)C)C4)o2)cc1. The maximum Gasteiger partial charge on any atom is 0.277 e. The zero-order chi connectivity index (χ0) is 23.6. The molecular weight excluding hydrogens is 456 g/mol. The summed E-state index contributed by atoms with van der Waals surface area (Å²) >= 11 is 2.70. The lowest BCUT2D eigenvalue weighted by atomic mass is 9.72. The Morgan fingerprint density at radius 3 is 2.76 bits per heavy atom. The van der Waals surface area contributed by atoms with Gasteiger partial charge in [-0.15, -0.1) is 21.5 Å². The molecule has 0 saturated heterocycles. The first-order valence-corrected chi connectivity index (χ1v) is 12.5. The van der Waals surface area contributed by atoms with Crippen LogP contribution in [0.25, 0.3) is 11.5 Å². The molecule has 0 aliphatic heterocycles. The molecule has 7 nitrogen and oxygen atoms in total. The lowest BCUT2D eigenvalue weighted by Gasteiger charge is -2.33. The van der Waals surface area contributed by atoms with Crippen molar-refractivity contribution in [2.75, 3.05) is 18.2 Å². The maximum absolute atomic E-state index is 12.6. The van der Waals surface area contributed by atoms with E-state index in [0.717, 1.165) is 36.1 Å². The summed E-state index contributed by atoms with van der Waals surface area (Å²) in [6, 6.07) is 9.60. The molecule has 3 aromatic rings. The second-order valence-electron chi connectivity index (χ2n) is 9.06. The smallest absolute Gasteiger partial charge is 0.277 e. The van der Waals surface area contributed by atoms with Crippen molar-refractivity contribution in [3.8, 4) is 23.3 Å². The molecule has 0 spiro atoms. The van der Waals surface area contributed by atoms with Crippen LogP contribution >= 0.6 is 23.1 Å². The number of nitriles is 1. The minimum Gasteiger partial charge on any atom is -0.497 e. The highest BCUT2D eigenvalue weighted by Gasteiger charge is 2.32. The van der Waals surface area contributed by atoms with Gasteiger partial charge >= 0.3 is 0 Å². The van der Waals surface area contributed by atoms with Crippen LogP contribution in [0, 0.1) is 22.7 Å². The molecule has 0 radical (unpaired) electrons. The number of methoxy groups -OCH3 is 1. The third-order valence-corrected chi connectivity index (χ3v) is 7.91. The number of nitrogens with zero attached hydrogens (tertiary/aromatic N) is 3. The number of carbonyl (C=O) groups excluding carboxylic acids is 1. The summed E-state index contributed by atoms with van der Waals surface area (Å²) in [5.41, 5.74) is 2.71. The molecule has 0 fully saturated rings. The number of nitrogens with one attached hydrogen (secondary N) is 1. The summed E-state index contributed by atoms with van der Waals surface area (Å²) < 4.78 is 10.8. The van der Waals surface area contributed by atoms with E-state index in [1.165, 1.54) is 28.0 Å². The van der Waals surface area contributed by atoms with Crippen molar-refractivity contribution >= 4 is 34.0 Å². The van der Waals surface area contributed by atoms with Crippen molar-refractivity contribution in [2.24, 2.45) is 11.3 Å². The van der Waals surface area contributed by atoms with E-state index in [1.54, 1.807) is 7.11 Å². The Kier molecular flexibility index (Phi) is 6.77. The summed E-state index contributed by atoms with van der Waals surface area (Å²) in [6.45, 7) is 6.79. The van der Waals surface area contributed by atoms with E-state index in [-0.39, 0.29) is 17.1 Å². The van der Waals surface area contributed by atoms with E-state index in [0.29, 0.717) is 27.6 Å². The molecule has 1 amide bonds. The van der Waals surface area contributed by atoms with Gasteiger partial charge in [-0.2, -0.15) is 5.26 Å². The summed E-state index contributed by atoms with van der Waals surface area (Å²) in [4.78, 5) is 13.8. The lowest BCUT2D eigenvalue weighted by molar-refractivity contribution is -0.113. The van der Waals surface area contributed by atoms with Gasteiger partial charge in [0.25, 0.3) is 5.22 Å². The first kappa shape index (κ1) is 23.3. The fourth-order valence-electron chi connectivity index (χ4n) is 3.94. The number of rotatable bonds is 6. The standard InChI is InChI=1S/C24H26N4O3S2/c1-24(2,3)15-7-10-17-18(12-25)22(33-19(17)11-15)26-20(29)13-32-23-28-27-21(31-23)14-5-8-16(30-4)9-6-14/h5-6,8-9,15H,7,10-11,13H2,1-4H3,(H,26,29)/t15-/m1/s1. The van der Waals surface area contributed by atoms with Gasteiger partial charge in [0.15, 0.2) is 0 Å². The molecule has 0 unspecified atom stereocenters. The van der Waals surface area contributed by atoms with Crippen LogP contribution in [0.15, 0.2) is 33.9 Å². The van der Waals surface area contributed by atoms with Crippen molar-refractivity contribution < 1.29 is 13.9 Å². The van der Waals surface area contributed by atoms with E-state index in [2.05, 4.69) is 42.4 Å². The molecule has 0 saturated carbocycles. The number of amides is 1. The van der Waals surface area contributed by atoms with Crippen LogP contribution in [-0.4, -0.2) is 29.0 Å². The first-order valence-electron chi connectivity index (χ1n) is 10.7. The highest BCUT2D eigenvalue weighted by molar-refractivity contribution is 7.99. The summed E-state index contributed by atoms with van der Waals surface area (Å²) in [6.07, 6.45) is 2.91. The van der Waals surface area contributed by atoms with Crippen molar-refractivity contribution in [2.45, 2.75) is 45.3 Å². The number of aromatic nitrogens is 2. The molecule has 1 N–H and O–H groups in total. The van der Waals surface area contributed by atoms with Gasteiger partial charge in [-0.3, -0.25) is 4.79 Å². The third-order valence-electron chi connectivity index (χ3n) is 5.92. The molecule has 2 heterocycles. The Bertz CT molecular complexity index is 1190. The number of ether oxygens (including phenoxy) is 1. The second kappa shape index (κ2) is 9.57. The molecule has 33 heavy (non-hydrogen) atoms. The first-order chi connectivity index (χ1) is 15.8. The van der Waals surface area contributed by atoms with Crippen LogP contribution in [0.2, 0.25) is 0 Å². The predicted molar refractivity (Wildman–Crippen MR) is 130 cm³/mol. The number of thioether (sulfide) groups is 1. The molecule has 1 atom stereocenters. The van der Waals surface area contributed by atoms with E-state index >= 15 is 0 Å². The predicted octanol–water partition coefficient (Wildman–Crippen LogP) is 5.56. The quantitative estimate of drug-likeness (QED) is 0.459. The van der Waals surface area contributed by atoms with Crippen LogP contribution < -0.4 is 10.1 Å². The largest absolute Gasteiger partial charge is 0.497 e. The Labute approximate surface area is 201 Å². The average Bonchev–Trinajstić information content (AvgIpc) is 3.40. The fourth-order valence-corrected chi connectivity index (χ4v) is 5.80. The van der Waals surface area contributed by atoms with Crippen LogP contribution in [0.5, 0.6) is 5.75 Å². The summed E-state index contributed by atoms with van der Waals surface area (Å²) in [5.74, 6) is 1.61. The van der Waals surface area contributed by atoms with Gasteiger partial charge < -0.3 is 14.5 Å². The van der Waals surface area contributed by atoms with Gasteiger partial charge in [-0.1, -0.05) is 32.5 Å². The molecule has 1 aliphatic carbocycles. The topological polar surface area (TPSA) is 101 Å². The zero-order valence-electron chi connectivity index (χ0n) is 19.1. The van der Waals surface area contributed by atoms with Crippen molar-refractivity contribution in [3.05, 3.63) is 40.3 Å². The van der Waals surface area contributed by atoms with Crippen LogP contribution in [0.1, 0.15) is 43.2 Å². The number of hydrogen-bond donors (Lipinski definition) is 1. The molecular formula is C24H26N4O3S2. The number of benzene rings is 1. The van der Waals surface area contributed by atoms with Gasteiger partial charge in [-0.25, -0.2) is 0 Å². The Morgan fingerprint density at radius 2 is 2.09 bits per heavy atom. The lowest BCUT2D eigenvalue weighted by Crippen LogP contribution is -2.26. The molecule has 4 rings (SSSR count). The number of hydrogen-bond acceptors (Lipinski definition) is 8. The van der Waals surface area contributed by atoms with Gasteiger partial charge in [-0.05, 0) is 60.4 Å². The highest BCUT2D eigenvalue weighted by Crippen LogP contribution is 2.44.